The number of amides is 1. The molecule has 7 nitrogen and oxygen atoms in total. The zero-order valence-corrected chi connectivity index (χ0v) is 17.1. The number of rotatable bonds is 6. The van der Waals surface area contributed by atoms with Gasteiger partial charge in [0.15, 0.2) is 0 Å². The normalized spacial score (nSPS) is 15.9. The van der Waals surface area contributed by atoms with Gasteiger partial charge in [0, 0.05) is 24.2 Å². The van der Waals surface area contributed by atoms with E-state index in [-0.39, 0.29) is 46.0 Å². The molecule has 0 radical (unpaired) electrons. The first-order valence-electron chi connectivity index (χ1n) is 8.17. The molecule has 3 rings (SSSR count). The van der Waals surface area contributed by atoms with E-state index in [9.17, 15) is 17.6 Å². The number of primary amides is 1. The lowest BCUT2D eigenvalue weighted by molar-refractivity contribution is -0.136. The van der Waals surface area contributed by atoms with Crippen molar-refractivity contribution in [1.82, 2.24) is 4.31 Å². The van der Waals surface area contributed by atoms with E-state index in [0.29, 0.717) is 0 Å². The lowest BCUT2D eigenvalue weighted by Gasteiger charge is -2.46. The monoisotopic (exact) mass is 457 g/mol. The third kappa shape index (κ3) is 4.02. The predicted molar refractivity (Wildman–Crippen MR) is 103 cm³/mol. The minimum absolute atomic E-state index is 0.0432. The largest absolute Gasteiger partial charge is 0.492 e. The fraction of sp³-hybridized carbons (Fsp3) is 0.222. The molecule has 1 aliphatic rings. The van der Waals surface area contributed by atoms with Gasteiger partial charge in [-0.3, -0.25) is 4.79 Å². The van der Waals surface area contributed by atoms with E-state index >= 15 is 0 Å². The van der Waals surface area contributed by atoms with Crippen LogP contribution in [0.4, 0.5) is 4.39 Å². The van der Waals surface area contributed by atoms with Gasteiger partial charge >= 0.3 is 0 Å². The number of halogens is 3. The van der Waals surface area contributed by atoms with Crippen LogP contribution in [-0.2, 0) is 14.8 Å². The van der Waals surface area contributed by atoms with Crippen LogP contribution in [0.3, 0.4) is 0 Å². The average Bonchev–Trinajstić information content (AvgIpc) is 2.60. The third-order valence-corrected chi connectivity index (χ3v) is 7.08. The lowest BCUT2D eigenvalue weighted by Crippen LogP contribution is -2.66. The van der Waals surface area contributed by atoms with Crippen molar-refractivity contribution in [3.8, 4) is 11.8 Å². The molecule has 2 aromatic rings. The summed E-state index contributed by atoms with van der Waals surface area (Å²) < 4.78 is 45.7. The van der Waals surface area contributed by atoms with Gasteiger partial charge in [0.05, 0.1) is 10.6 Å². The molecule has 0 unspecified atom stereocenters. The summed E-state index contributed by atoms with van der Waals surface area (Å²) in [5, 5.41) is 8.99. The highest BCUT2D eigenvalue weighted by Crippen LogP contribution is 2.37. The highest BCUT2D eigenvalue weighted by molar-refractivity contribution is 7.89. The maximum Gasteiger partial charge on any atom is 0.244 e. The van der Waals surface area contributed by atoms with Crippen LogP contribution in [0, 0.1) is 22.6 Å². The maximum absolute atomic E-state index is 13.7. The second-order valence-corrected chi connectivity index (χ2v) is 9.28. The summed E-state index contributed by atoms with van der Waals surface area (Å²) in [6.07, 6.45) is 0. The number of carbonyl (C=O) groups excluding carboxylic acids is 1. The fourth-order valence-electron chi connectivity index (χ4n) is 2.84. The number of sulfonamides is 1. The Morgan fingerprint density at radius 2 is 1.97 bits per heavy atom. The number of nitriles is 1. The van der Waals surface area contributed by atoms with Gasteiger partial charge in [-0.1, -0.05) is 23.2 Å². The molecule has 1 saturated heterocycles. The Bertz CT molecular complexity index is 1130. The lowest BCUT2D eigenvalue weighted by atomic mass is 9.82. The minimum Gasteiger partial charge on any atom is -0.492 e. The van der Waals surface area contributed by atoms with Crippen molar-refractivity contribution < 1.29 is 22.3 Å². The fourth-order valence-corrected chi connectivity index (χ4v) is 5.20. The van der Waals surface area contributed by atoms with Crippen molar-refractivity contribution in [3.05, 3.63) is 57.8 Å². The molecule has 152 valence electrons. The molecule has 0 aliphatic carbocycles. The topological polar surface area (TPSA) is 113 Å². The number of ether oxygens (including phenoxy) is 1. The van der Waals surface area contributed by atoms with E-state index in [0.717, 1.165) is 10.4 Å². The summed E-state index contributed by atoms with van der Waals surface area (Å²) in [7, 11) is -3.97. The van der Waals surface area contributed by atoms with E-state index in [4.69, 9.17) is 38.9 Å². The molecular weight excluding hydrogens is 444 g/mol. The standard InChI is InChI=1S/C18H14Cl2FN3O4S/c19-12-2-4-16(14(20)5-12)29(26,27)24-8-18(9-24,17(23)25)10-28-13-3-1-11(7-22)15(21)6-13/h1-6H,8-10H2,(H2,23,25). The second-order valence-electron chi connectivity index (χ2n) is 6.53. The predicted octanol–water partition coefficient (Wildman–Crippen LogP) is 2.56. The molecule has 1 fully saturated rings. The first-order valence-corrected chi connectivity index (χ1v) is 10.4. The Labute approximate surface area is 176 Å². The Balaban J connectivity index is 1.75. The van der Waals surface area contributed by atoms with Crippen LogP contribution in [0.25, 0.3) is 0 Å². The van der Waals surface area contributed by atoms with Gasteiger partial charge in [0.2, 0.25) is 15.9 Å². The minimum atomic E-state index is -3.97. The van der Waals surface area contributed by atoms with Crippen LogP contribution in [0.2, 0.25) is 10.0 Å². The number of carbonyl (C=O) groups is 1. The Kier molecular flexibility index (Phi) is 5.74. The first kappa shape index (κ1) is 21.3. The summed E-state index contributed by atoms with van der Waals surface area (Å²) in [5.74, 6) is -1.43. The van der Waals surface area contributed by atoms with Crippen molar-refractivity contribution in [2.75, 3.05) is 19.7 Å². The van der Waals surface area contributed by atoms with Gasteiger partial charge in [-0.25, -0.2) is 12.8 Å². The first-order chi connectivity index (χ1) is 13.6. The van der Waals surface area contributed by atoms with Crippen LogP contribution >= 0.6 is 23.2 Å². The van der Waals surface area contributed by atoms with Gasteiger partial charge in [-0.15, -0.1) is 0 Å². The number of nitrogens with two attached hydrogens (primary N) is 1. The van der Waals surface area contributed by atoms with E-state index in [1.54, 1.807) is 6.07 Å². The molecule has 1 amide bonds. The Hall–Kier alpha value is -2.38. The molecule has 0 spiro atoms. The van der Waals surface area contributed by atoms with Crippen molar-refractivity contribution in [2.45, 2.75) is 4.90 Å². The Morgan fingerprint density at radius 1 is 1.28 bits per heavy atom. The van der Waals surface area contributed by atoms with Crippen molar-refractivity contribution >= 4 is 39.1 Å². The summed E-state index contributed by atoms with van der Waals surface area (Å²) in [5.41, 5.74) is 4.03. The highest BCUT2D eigenvalue weighted by atomic mass is 35.5. The summed E-state index contributed by atoms with van der Waals surface area (Å²) in [6.45, 7) is -0.696. The quantitative estimate of drug-likeness (QED) is 0.715. The summed E-state index contributed by atoms with van der Waals surface area (Å²) >= 11 is 11.8. The van der Waals surface area contributed by atoms with Crippen LogP contribution in [0.1, 0.15) is 5.56 Å². The van der Waals surface area contributed by atoms with Gasteiger partial charge in [0.25, 0.3) is 0 Å². The maximum atomic E-state index is 13.7. The molecule has 0 atom stereocenters. The van der Waals surface area contributed by atoms with Gasteiger partial charge in [-0.2, -0.15) is 9.57 Å². The van der Waals surface area contributed by atoms with E-state index in [2.05, 4.69) is 0 Å². The average molecular weight is 458 g/mol. The zero-order chi connectivity index (χ0) is 21.4. The second kappa shape index (κ2) is 7.80. The summed E-state index contributed by atoms with van der Waals surface area (Å²) in [4.78, 5) is 11.8. The van der Waals surface area contributed by atoms with Gasteiger partial charge in [-0.05, 0) is 30.3 Å². The molecule has 0 saturated carbocycles. The van der Waals surface area contributed by atoms with Crippen LogP contribution in [0.5, 0.6) is 5.75 Å². The smallest absolute Gasteiger partial charge is 0.244 e. The SMILES string of the molecule is N#Cc1ccc(OCC2(C(N)=O)CN(S(=O)(=O)c3ccc(Cl)cc3Cl)C2)cc1F. The molecule has 0 bridgehead atoms. The van der Waals surface area contributed by atoms with Gasteiger partial charge in [0.1, 0.15) is 34.6 Å². The number of hydrogen-bond donors (Lipinski definition) is 1. The number of nitrogens with zero attached hydrogens (tertiary/aromatic N) is 2. The molecule has 1 heterocycles. The van der Waals surface area contributed by atoms with Gasteiger partial charge < -0.3 is 10.5 Å². The third-order valence-electron chi connectivity index (χ3n) is 4.57. The molecule has 2 aromatic carbocycles. The van der Waals surface area contributed by atoms with Crippen molar-refractivity contribution in [1.29, 1.82) is 5.26 Å². The van der Waals surface area contributed by atoms with E-state index < -0.39 is 27.2 Å². The van der Waals surface area contributed by atoms with Crippen molar-refractivity contribution in [2.24, 2.45) is 11.1 Å². The summed E-state index contributed by atoms with van der Waals surface area (Å²) in [6, 6.07) is 9.28. The van der Waals surface area contributed by atoms with Crippen LogP contribution in [-0.4, -0.2) is 38.3 Å². The molecule has 1 aliphatic heterocycles. The Morgan fingerprint density at radius 3 is 2.52 bits per heavy atom. The number of hydrogen-bond acceptors (Lipinski definition) is 5. The molecule has 2 N–H and O–H groups in total. The van der Waals surface area contributed by atoms with Crippen LogP contribution < -0.4 is 10.5 Å². The van der Waals surface area contributed by atoms with Crippen LogP contribution in [0.15, 0.2) is 41.3 Å². The van der Waals surface area contributed by atoms with E-state index in [1.165, 1.54) is 30.3 Å². The molecule has 29 heavy (non-hydrogen) atoms. The van der Waals surface area contributed by atoms with Crippen molar-refractivity contribution in [3.63, 3.8) is 0 Å². The highest BCUT2D eigenvalue weighted by Gasteiger charge is 2.53. The molecular formula is C18H14Cl2FN3O4S. The number of benzene rings is 2. The van der Waals surface area contributed by atoms with E-state index in [1.807, 2.05) is 0 Å². The zero-order valence-electron chi connectivity index (χ0n) is 14.7. The molecule has 0 aromatic heterocycles. The molecule has 11 heteroatoms.